The van der Waals surface area contributed by atoms with Crippen molar-refractivity contribution in [1.29, 1.82) is 0 Å². The molecule has 0 N–H and O–H groups in total. The molecular formula is C17H24N4O2. The third kappa shape index (κ3) is 3.86. The molecule has 1 aromatic heterocycles. The van der Waals surface area contributed by atoms with Gasteiger partial charge in [0.25, 0.3) is 5.91 Å². The summed E-state index contributed by atoms with van der Waals surface area (Å²) in [5.41, 5.74) is 1.23. The number of hydrogen-bond donors (Lipinski definition) is 0. The number of carbonyl (C=O) groups is 2. The van der Waals surface area contributed by atoms with Gasteiger partial charge in [-0.05, 0) is 38.5 Å². The molecule has 0 bridgehead atoms. The Labute approximate surface area is 136 Å². The van der Waals surface area contributed by atoms with Gasteiger partial charge in [-0.1, -0.05) is 0 Å². The first-order valence-electron chi connectivity index (χ1n) is 8.49. The highest BCUT2D eigenvalue weighted by Crippen LogP contribution is 2.22. The number of aryl methyl sites for hydroxylation is 1. The zero-order valence-corrected chi connectivity index (χ0v) is 13.7. The van der Waals surface area contributed by atoms with E-state index >= 15 is 0 Å². The Bertz CT molecular complexity index is 564. The lowest BCUT2D eigenvalue weighted by Gasteiger charge is -2.36. The third-order valence-electron chi connectivity index (χ3n) is 4.80. The first-order chi connectivity index (χ1) is 11.1. The molecule has 2 aliphatic rings. The number of hydrogen-bond acceptors (Lipinski definition) is 4. The SMILES string of the molecule is Cc1cnc(C(=O)N2CCC(CN3CCCCC3=O)CC2)cn1. The van der Waals surface area contributed by atoms with Crippen molar-refractivity contribution in [3.05, 3.63) is 23.8 Å². The molecule has 0 aliphatic carbocycles. The van der Waals surface area contributed by atoms with Crippen LogP contribution in [0.4, 0.5) is 0 Å². The van der Waals surface area contributed by atoms with Crippen LogP contribution in [0.15, 0.2) is 12.4 Å². The van der Waals surface area contributed by atoms with Crippen LogP contribution >= 0.6 is 0 Å². The second-order valence-electron chi connectivity index (χ2n) is 6.58. The predicted octanol–water partition coefficient (Wildman–Crippen LogP) is 1.65. The maximum Gasteiger partial charge on any atom is 0.274 e. The zero-order chi connectivity index (χ0) is 16.2. The fourth-order valence-corrected chi connectivity index (χ4v) is 3.35. The second kappa shape index (κ2) is 7.06. The van der Waals surface area contributed by atoms with Gasteiger partial charge >= 0.3 is 0 Å². The highest BCUT2D eigenvalue weighted by atomic mass is 16.2. The summed E-state index contributed by atoms with van der Waals surface area (Å²) in [6.45, 7) is 5.08. The van der Waals surface area contributed by atoms with Crippen molar-refractivity contribution < 1.29 is 9.59 Å². The molecule has 1 aromatic rings. The van der Waals surface area contributed by atoms with E-state index in [-0.39, 0.29) is 5.91 Å². The lowest BCUT2D eigenvalue weighted by atomic mass is 9.95. The van der Waals surface area contributed by atoms with Gasteiger partial charge in [0.15, 0.2) is 0 Å². The van der Waals surface area contributed by atoms with E-state index in [0.717, 1.165) is 57.6 Å². The van der Waals surface area contributed by atoms with Gasteiger partial charge in [-0.25, -0.2) is 4.98 Å². The summed E-state index contributed by atoms with van der Waals surface area (Å²) in [7, 11) is 0. The van der Waals surface area contributed by atoms with Crippen LogP contribution in [-0.2, 0) is 4.79 Å². The minimum Gasteiger partial charge on any atom is -0.342 e. The van der Waals surface area contributed by atoms with E-state index in [4.69, 9.17) is 0 Å². The Hall–Kier alpha value is -1.98. The summed E-state index contributed by atoms with van der Waals surface area (Å²) in [6.07, 6.45) is 7.93. The van der Waals surface area contributed by atoms with Crippen LogP contribution in [0.2, 0.25) is 0 Å². The first-order valence-corrected chi connectivity index (χ1v) is 8.49. The van der Waals surface area contributed by atoms with E-state index in [0.29, 0.717) is 23.9 Å². The van der Waals surface area contributed by atoms with Crippen LogP contribution in [0.25, 0.3) is 0 Å². The van der Waals surface area contributed by atoms with Gasteiger partial charge in [0.1, 0.15) is 5.69 Å². The maximum atomic E-state index is 12.4. The van der Waals surface area contributed by atoms with Crippen molar-refractivity contribution >= 4 is 11.8 Å². The quantitative estimate of drug-likeness (QED) is 0.850. The first kappa shape index (κ1) is 15.9. The number of rotatable bonds is 3. The van der Waals surface area contributed by atoms with E-state index in [1.807, 2.05) is 16.7 Å². The number of nitrogens with zero attached hydrogens (tertiary/aromatic N) is 4. The molecule has 0 aromatic carbocycles. The number of carbonyl (C=O) groups excluding carboxylic acids is 2. The highest BCUT2D eigenvalue weighted by Gasteiger charge is 2.27. The van der Waals surface area contributed by atoms with Crippen LogP contribution < -0.4 is 0 Å². The van der Waals surface area contributed by atoms with Crippen molar-refractivity contribution in [3.63, 3.8) is 0 Å². The molecule has 6 heteroatoms. The summed E-state index contributed by atoms with van der Waals surface area (Å²) in [5.74, 6) is 0.764. The molecule has 0 radical (unpaired) electrons. The Morgan fingerprint density at radius 2 is 1.96 bits per heavy atom. The fourth-order valence-electron chi connectivity index (χ4n) is 3.35. The summed E-state index contributed by atoms with van der Waals surface area (Å²) in [5, 5.41) is 0. The lowest BCUT2D eigenvalue weighted by Crippen LogP contribution is -2.44. The third-order valence-corrected chi connectivity index (χ3v) is 4.80. The molecule has 3 rings (SSSR count). The summed E-state index contributed by atoms with van der Waals surface area (Å²) >= 11 is 0. The predicted molar refractivity (Wildman–Crippen MR) is 85.8 cm³/mol. The van der Waals surface area contributed by atoms with Gasteiger partial charge in [0.2, 0.25) is 5.91 Å². The molecule has 2 fully saturated rings. The van der Waals surface area contributed by atoms with Crippen LogP contribution in [-0.4, -0.2) is 57.8 Å². The van der Waals surface area contributed by atoms with E-state index in [9.17, 15) is 9.59 Å². The van der Waals surface area contributed by atoms with Gasteiger partial charge in [-0.3, -0.25) is 14.6 Å². The van der Waals surface area contributed by atoms with Gasteiger partial charge in [0, 0.05) is 38.8 Å². The standard InChI is InChI=1S/C17H24N4O2/c1-13-10-19-15(11-18-13)17(23)20-8-5-14(6-9-20)12-21-7-3-2-4-16(21)22/h10-11,14H,2-9,12H2,1H3. The number of piperidine rings is 2. The minimum atomic E-state index is -0.0370. The summed E-state index contributed by atoms with van der Waals surface area (Å²) < 4.78 is 0. The normalized spacial score (nSPS) is 20.0. The maximum absolute atomic E-state index is 12.4. The van der Waals surface area contributed by atoms with E-state index in [1.165, 1.54) is 0 Å². The van der Waals surface area contributed by atoms with Crippen LogP contribution in [0.3, 0.4) is 0 Å². The van der Waals surface area contributed by atoms with E-state index in [1.54, 1.807) is 12.4 Å². The lowest BCUT2D eigenvalue weighted by molar-refractivity contribution is -0.134. The van der Waals surface area contributed by atoms with Gasteiger partial charge in [0.05, 0.1) is 11.9 Å². The molecule has 0 saturated carbocycles. The topological polar surface area (TPSA) is 66.4 Å². The number of likely N-dealkylation sites (tertiary alicyclic amines) is 2. The smallest absolute Gasteiger partial charge is 0.274 e. The van der Waals surface area contributed by atoms with Crippen molar-refractivity contribution in [3.8, 4) is 0 Å². The van der Waals surface area contributed by atoms with Crippen molar-refractivity contribution in [2.75, 3.05) is 26.2 Å². The molecule has 2 saturated heterocycles. The van der Waals surface area contributed by atoms with Crippen LogP contribution in [0.5, 0.6) is 0 Å². The Morgan fingerprint density at radius 3 is 2.61 bits per heavy atom. The highest BCUT2D eigenvalue weighted by molar-refractivity contribution is 5.92. The molecule has 0 spiro atoms. The zero-order valence-electron chi connectivity index (χ0n) is 13.7. The van der Waals surface area contributed by atoms with E-state index < -0.39 is 0 Å². The Kier molecular flexibility index (Phi) is 4.88. The number of amides is 2. The molecule has 23 heavy (non-hydrogen) atoms. The second-order valence-corrected chi connectivity index (χ2v) is 6.58. The van der Waals surface area contributed by atoms with Gasteiger partial charge < -0.3 is 9.80 Å². The summed E-state index contributed by atoms with van der Waals surface area (Å²) in [4.78, 5) is 36.5. The fraction of sp³-hybridized carbons (Fsp3) is 0.647. The average molecular weight is 316 g/mol. The molecule has 2 aliphatic heterocycles. The molecule has 124 valence electrons. The van der Waals surface area contributed by atoms with Crippen LogP contribution in [0.1, 0.15) is 48.3 Å². The van der Waals surface area contributed by atoms with Gasteiger partial charge in [-0.2, -0.15) is 0 Å². The monoisotopic (exact) mass is 316 g/mol. The summed E-state index contributed by atoms with van der Waals surface area (Å²) in [6, 6.07) is 0. The molecule has 0 unspecified atom stereocenters. The molecule has 0 atom stereocenters. The van der Waals surface area contributed by atoms with E-state index in [2.05, 4.69) is 9.97 Å². The molecule has 3 heterocycles. The number of aromatic nitrogens is 2. The average Bonchev–Trinajstić information content (AvgIpc) is 2.58. The van der Waals surface area contributed by atoms with Crippen LogP contribution in [0, 0.1) is 12.8 Å². The van der Waals surface area contributed by atoms with Gasteiger partial charge in [-0.15, -0.1) is 0 Å². The molecule has 6 nitrogen and oxygen atoms in total. The van der Waals surface area contributed by atoms with Crippen molar-refractivity contribution in [2.45, 2.75) is 39.0 Å². The Morgan fingerprint density at radius 1 is 1.17 bits per heavy atom. The van der Waals surface area contributed by atoms with Crippen molar-refractivity contribution in [2.24, 2.45) is 5.92 Å². The molecule has 2 amide bonds. The molecular weight excluding hydrogens is 292 g/mol. The Balaban J connectivity index is 1.50. The minimum absolute atomic E-state index is 0.0370. The van der Waals surface area contributed by atoms with Crippen molar-refractivity contribution in [1.82, 2.24) is 19.8 Å². The largest absolute Gasteiger partial charge is 0.342 e.